The molecule has 7 unspecified atom stereocenters. The van der Waals surface area contributed by atoms with E-state index >= 15 is 0 Å². The molecule has 3 fully saturated rings. The zero-order valence-corrected chi connectivity index (χ0v) is 17.4. The smallest absolute Gasteiger partial charge is 0.387 e. The van der Waals surface area contributed by atoms with Gasteiger partial charge in [-0.15, -0.1) is 0 Å². The third-order valence-electron chi connectivity index (χ3n) is 8.94. The summed E-state index contributed by atoms with van der Waals surface area (Å²) in [7, 11) is 0. The molecule has 4 rings (SSSR count). The number of ether oxygens (including phenoxy) is 1. The van der Waals surface area contributed by atoms with Crippen LogP contribution in [0.3, 0.4) is 0 Å². The van der Waals surface area contributed by atoms with Crippen LogP contribution in [0, 0.1) is 39.9 Å². The highest BCUT2D eigenvalue weighted by molar-refractivity contribution is 5.66. The Morgan fingerprint density at radius 1 is 1.25 bits per heavy atom. The summed E-state index contributed by atoms with van der Waals surface area (Å²) in [6, 6.07) is 0. The van der Waals surface area contributed by atoms with Gasteiger partial charge < -0.3 is 9.84 Å². The van der Waals surface area contributed by atoms with E-state index in [1.807, 2.05) is 0 Å². The van der Waals surface area contributed by atoms with E-state index in [0.29, 0.717) is 17.8 Å². The van der Waals surface area contributed by atoms with E-state index < -0.39 is 0 Å². The van der Waals surface area contributed by atoms with Crippen LogP contribution in [0.25, 0.3) is 4.98 Å². The van der Waals surface area contributed by atoms with Gasteiger partial charge in [0.1, 0.15) is 6.10 Å². The number of aliphatic hydroxyl groups excluding tert-OH is 1. The molecule has 5 heteroatoms. The van der Waals surface area contributed by atoms with Crippen LogP contribution in [-0.2, 0) is 9.53 Å². The van der Waals surface area contributed by atoms with Gasteiger partial charge in [-0.25, -0.2) is 0 Å². The predicted molar refractivity (Wildman–Crippen MR) is 107 cm³/mol. The molecule has 0 aromatic heterocycles. The first-order chi connectivity index (χ1) is 13.3. The summed E-state index contributed by atoms with van der Waals surface area (Å²) in [5.41, 5.74) is 1.81. The number of esters is 1. The third kappa shape index (κ3) is 2.88. The van der Waals surface area contributed by atoms with Crippen LogP contribution in [0.5, 0.6) is 0 Å². The standard InChI is InChI=1S/C23H32N2O3/c1-14(26)28-16-8-10-22(2)15(12-16)4-5-17-18-6-7-20(21(27)13-25-24)23(18,3)11-9-19(17)22/h4,13,16-20H,5-12H2,1-3H3/p+1. The van der Waals surface area contributed by atoms with Crippen molar-refractivity contribution < 1.29 is 14.6 Å². The first-order valence-corrected chi connectivity index (χ1v) is 10.9. The number of fused-ring (bicyclic) bond motifs is 5. The molecule has 0 spiro atoms. The van der Waals surface area contributed by atoms with E-state index in [0.717, 1.165) is 44.9 Å². The highest BCUT2D eigenvalue weighted by atomic mass is 16.5. The van der Waals surface area contributed by atoms with Crippen molar-refractivity contribution in [1.82, 2.24) is 0 Å². The van der Waals surface area contributed by atoms with E-state index in [1.165, 1.54) is 25.1 Å². The predicted octanol–water partition coefficient (Wildman–Crippen LogP) is 5.75. The van der Waals surface area contributed by atoms with Gasteiger partial charge in [0.15, 0.2) is 10.7 Å². The largest absolute Gasteiger partial charge is 0.505 e. The summed E-state index contributed by atoms with van der Waals surface area (Å²) >= 11 is 0. The van der Waals surface area contributed by atoms with Crippen molar-refractivity contribution in [1.29, 1.82) is 5.39 Å². The SMILES string of the molecule is CC(=O)OC1CCC2(C)C(=CCC3C2CCC2(C)C(C(O)=C[N+]#N)CCC32)C1. The molecule has 152 valence electrons. The van der Waals surface area contributed by atoms with Crippen LogP contribution in [0.15, 0.2) is 23.6 Å². The molecule has 0 amide bonds. The Hall–Kier alpha value is -1.83. The third-order valence-corrected chi connectivity index (χ3v) is 8.94. The topological polar surface area (TPSA) is 74.7 Å². The van der Waals surface area contributed by atoms with Crippen LogP contribution < -0.4 is 0 Å². The van der Waals surface area contributed by atoms with Crippen LogP contribution in [0.1, 0.15) is 72.1 Å². The van der Waals surface area contributed by atoms with Crippen molar-refractivity contribution in [2.75, 3.05) is 0 Å². The lowest BCUT2D eigenvalue weighted by Crippen LogP contribution is -2.50. The summed E-state index contributed by atoms with van der Waals surface area (Å²) in [5.74, 6) is 2.11. The summed E-state index contributed by atoms with van der Waals surface area (Å²) in [6.07, 6.45) is 12.2. The molecule has 5 nitrogen and oxygen atoms in total. The zero-order chi connectivity index (χ0) is 20.1. The monoisotopic (exact) mass is 385 g/mol. The average molecular weight is 386 g/mol. The van der Waals surface area contributed by atoms with Crippen molar-refractivity contribution >= 4 is 5.97 Å². The molecule has 4 aliphatic carbocycles. The number of hydrogen-bond acceptors (Lipinski definition) is 4. The van der Waals surface area contributed by atoms with Gasteiger partial charge >= 0.3 is 12.2 Å². The van der Waals surface area contributed by atoms with Crippen molar-refractivity contribution in [2.45, 2.75) is 78.2 Å². The van der Waals surface area contributed by atoms with E-state index in [-0.39, 0.29) is 34.6 Å². The molecule has 0 radical (unpaired) electrons. The van der Waals surface area contributed by atoms with E-state index in [4.69, 9.17) is 10.1 Å². The maximum atomic E-state index is 11.4. The van der Waals surface area contributed by atoms with Gasteiger partial charge in [0.2, 0.25) is 5.39 Å². The summed E-state index contributed by atoms with van der Waals surface area (Å²) in [6.45, 7) is 6.29. The molecule has 7 atom stereocenters. The quantitative estimate of drug-likeness (QED) is 0.284. The average Bonchev–Trinajstić information content (AvgIpc) is 2.99. The number of allylic oxidation sites excluding steroid dienone is 2. The fourth-order valence-electron chi connectivity index (χ4n) is 7.60. The fourth-order valence-corrected chi connectivity index (χ4v) is 7.60. The second-order valence-corrected chi connectivity index (χ2v) is 10.1. The number of nitrogens with zero attached hydrogens (tertiary/aromatic N) is 2. The normalized spacial score (nSPS) is 45.1. The Balaban J connectivity index is 1.58. The first-order valence-electron chi connectivity index (χ1n) is 10.9. The molecule has 3 saturated carbocycles. The Morgan fingerprint density at radius 3 is 2.75 bits per heavy atom. The Bertz CT molecular complexity index is 766. The number of aliphatic hydroxyl groups is 1. The summed E-state index contributed by atoms with van der Waals surface area (Å²) in [4.78, 5) is 14.4. The minimum Gasteiger partial charge on any atom is -0.505 e. The maximum absolute atomic E-state index is 11.4. The van der Waals surface area contributed by atoms with Gasteiger partial charge in [0, 0.05) is 19.3 Å². The van der Waals surface area contributed by atoms with Crippen LogP contribution in [-0.4, -0.2) is 17.2 Å². The van der Waals surface area contributed by atoms with Crippen molar-refractivity contribution in [3.05, 3.63) is 28.6 Å². The van der Waals surface area contributed by atoms with Gasteiger partial charge in [-0.1, -0.05) is 25.5 Å². The fraction of sp³-hybridized carbons (Fsp3) is 0.783. The van der Waals surface area contributed by atoms with E-state index in [9.17, 15) is 9.90 Å². The molecule has 0 aromatic rings. The molecule has 0 bridgehead atoms. The molecule has 0 heterocycles. The summed E-state index contributed by atoms with van der Waals surface area (Å²) in [5, 5.41) is 19.3. The molecular formula is C23H33N2O3+. The second-order valence-electron chi connectivity index (χ2n) is 10.1. The maximum Gasteiger partial charge on any atom is 0.387 e. The van der Waals surface area contributed by atoms with Gasteiger partial charge in [-0.05, 0) is 73.5 Å². The first kappa shape index (κ1) is 19.5. The number of diazo groups is 1. The van der Waals surface area contributed by atoms with E-state index in [1.54, 1.807) is 0 Å². The van der Waals surface area contributed by atoms with Crippen LogP contribution in [0.2, 0.25) is 0 Å². The summed E-state index contributed by atoms with van der Waals surface area (Å²) < 4.78 is 5.53. The number of hydrogen-bond donors (Lipinski definition) is 1. The lowest BCUT2D eigenvalue weighted by atomic mass is 9.47. The van der Waals surface area contributed by atoms with Crippen molar-refractivity contribution in [3.63, 3.8) is 0 Å². The lowest BCUT2D eigenvalue weighted by Gasteiger charge is -2.58. The molecule has 0 saturated heterocycles. The van der Waals surface area contributed by atoms with Gasteiger partial charge in [0.05, 0.1) is 0 Å². The lowest BCUT2D eigenvalue weighted by molar-refractivity contribution is -0.148. The Morgan fingerprint density at radius 2 is 2.04 bits per heavy atom. The molecule has 0 aromatic carbocycles. The number of carbonyl (C=O) groups excluding carboxylic acids is 1. The zero-order valence-electron chi connectivity index (χ0n) is 17.4. The van der Waals surface area contributed by atoms with Gasteiger partial charge in [0.25, 0.3) is 0 Å². The Labute approximate surface area is 167 Å². The van der Waals surface area contributed by atoms with Gasteiger partial charge in [-0.3, -0.25) is 4.79 Å². The minimum absolute atomic E-state index is 0.0439. The van der Waals surface area contributed by atoms with Crippen LogP contribution >= 0.6 is 0 Å². The minimum atomic E-state index is -0.171. The van der Waals surface area contributed by atoms with Gasteiger partial charge in [-0.2, -0.15) is 0 Å². The van der Waals surface area contributed by atoms with E-state index in [2.05, 4.69) is 24.9 Å². The molecule has 0 aliphatic heterocycles. The number of carbonyl (C=O) groups is 1. The molecule has 1 N–H and O–H groups in total. The highest BCUT2D eigenvalue weighted by Gasteiger charge is 2.59. The number of rotatable bonds is 2. The van der Waals surface area contributed by atoms with Crippen molar-refractivity contribution in [3.8, 4) is 0 Å². The molecule has 28 heavy (non-hydrogen) atoms. The molecular weight excluding hydrogens is 352 g/mol. The molecule has 4 aliphatic rings. The Kier molecular flexibility index (Phi) is 4.80. The van der Waals surface area contributed by atoms with Crippen molar-refractivity contribution in [2.24, 2.45) is 34.5 Å². The second kappa shape index (κ2) is 6.90. The highest BCUT2D eigenvalue weighted by Crippen LogP contribution is 2.67. The van der Waals surface area contributed by atoms with Crippen LogP contribution in [0.4, 0.5) is 0 Å².